The van der Waals surface area contributed by atoms with Crippen LogP contribution in [0.4, 0.5) is 5.69 Å². The fourth-order valence-electron chi connectivity index (χ4n) is 5.88. The van der Waals surface area contributed by atoms with Gasteiger partial charge in [-0.25, -0.2) is 4.98 Å². The topological polar surface area (TPSA) is 77.1 Å². The van der Waals surface area contributed by atoms with Gasteiger partial charge in [-0.05, 0) is 49.1 Å². The van der Waals surface area contributed by atoms with Crippen molar-refractivity contribution in [3.05, 3.63) is 100 Å². The average Bonchev–Trinajstić information content (AvgIpc) is 3.43. The first-order chi connectivity index (χ1) is 18.1. The molecule has 2 aliphatic rings. The van der Waals surface area contributed by atoms with E-state index in [1.54, 1.807) is 10.8 Å². The molecule has 7 heteroatoms. The summed E-state index contributed by atoms with van der Waals surface area (Å²) >= 11 is 1.29. The number of furan rings is 1. The van der Waals surface area contributed by atoms with Gasteiger partial charge >= 0.3 is 0 Å². The number of fused-ring (bicyclic) bond motifs is 4. The van der Waals surface area contributed by atoms with Gasteiger partial charge in [0.2, 0.25) is 5.91 Å². The average molecular weight is 512 g/mol. The maximum absolute atomic E-state index is 14.3. The van der Waals surface area contributed by atoms with Crippen LogP contribution in [0.5, 0.6) is 0 Å². The number of hydrogen-bond acceptors (Lipinski definition) is 5. The molecule has 0 bridgehead atoms. The minimum Gasteiger partial charge on any atom is -0.467 e. The van der Waals surface area contributed by atoms with Gasteiger partial charge in [-0.15, -0.1) is 0 Å². The van der Waals surface area contributed by atoms with Crippen LogP contribution in [-0.4, -0.2) is 21.2 Å². The maximum atomic E-state index is 14.3. The minimum atomic E-state index is -0.190. The van der Waals surface area contributed by atoms with Crippen molar-refractivity contribution in [2.75, 3.05) is 11.1 Å². The van der Waals surface area contributed by atoms with E-state index in [0.717, 1.165) is 54.6 Å². The lowest BCUT2D eigenvalue weighted by atomic mass is 9.62. The number of carbonyl (C=O) groups is 1. The van der Waals surface area contributed by atoms with Gasteiger partial charge in [0.1, 0.15) is 5.76 Å². The van der Waals surface area contributed by atoms with Crippen LogP contribution in [0.3, 0.4) is 0 Å². The van der Waals surface area contributed by atoms with Crippen LogP contribution in [0, 0.1) is 0 Å². The zero-order chi connectivity index (χ0) is 25.2. The molecular weight excluding hydrogens is 482 g/mol. The molecule has 0 atom stereocenters. The second kappa shape index (κ2) is 10.1. The number of amides is 1. The maximum Gasteiger partial charge on any atom is 0.258 e. The van der Waals surface area contributed by atoms with Gasteiger partial charge in [-0.1, -0.05) is 73.5 Å². The van der Waals surface area contributed by atoms with Gasteiger partial charge in [-0.3, -0.25) is 14.2 Å². The molecule has 2 aliphatic carbocycles. The Balaban J connectivity index is 1.43. The van der Waals surface area contributed by atoms with Crippen LogP contribution in [0.15, 0.2) is 87.4 Å². The fourth-order valence-corrected chi connectivity index (χ4v) is 6.67. The molecule has 37 heavy (non-hydrogen) atoms. The quantitative estimate of drug-likeness (QED) is 0.252. The van der Waals surface area contributed by atoms with E-state index in [-0.39, 0.29) is 29.2 Å². The van der Waals surface area contributed by atoms with Gasteiger partial charge < -0.3 is 9.73 Å². The Morgan fingerprint density at radius 3 is 2.57 bits per heavy atom. The highest BCUT2D eigenvalue weighted by atomic mass is 32.2. The van der Waals surface area contributed by atoms with Gasteiger partial charge in [0.15, 0.2) is 5.16 Å². The van der Waals surface area contributed by atoms with Crippen LogP contribution in [0.2, 0.25) is 0 Å². The number of benzene rings is 2. The van der Waals surface area contributed by atoms with Crippen LogP contribution in [0.25, 0.3) is 11.3 Å². The molecule has 0 radical (unpaired) electrons. The summed E-state index contributed by atoms with van der Waals surface area (Å²) in [7, 11) is 0. The lowest BCUT2D eigenvalue weighted by molar-refractivity contribution is -0.113. The van der Waals surface area contributed by atoms with Crippen molar-refractivity contribution in [3.63, 3.8) is 0 Å². The molecule has 2 aromatic heterocycles. The van der Waals surface area contributed by atoms with Crippen LogP contribution in [-0.2, 0) is 23.2 Å². The number of para-hydroxylation sites is 1. The summed E-state index contributed by atoms with van der Waals surface area (Å²) in [5.74, 6) is 0.690. The standard InChI is InChI=1S/C30H29N3O3S/c34-25(31-22-11-3-1-4-12-22)20-37-29-32-27-24-14-6-5-10-21(24)18-30(15-7-2-8-16-30)26(27)28(35)33(29)19-23-13-9-17-36-23/h1,3-6,9-14,17H,2,7-8,15-16,18-20H2,(H,31,34). The Morgan fingerprint density at radius 2 is 1.78 bits per heavy atom. The molecule has 1 N–H and O–H groups in total. The van der Waals surface area contributed by atoms with E-state index >= 15 is 0 Å². The van der Waals surface area contributed by atoms with E-state index in [1.807, 2.05) is 48.5 Å². The summed E-state index contributed by atoms with van der Waals surface area (Å²) < 4.78 is 7.32. The van der Waals surface area contributed by atoms with E-state index in [0.29, 0.717) is 10.9 Å². The lowest BCUT2D eigenvalue weighted by Gasteiger charge is -2.42. The molecule has 6 nitrogen and oxygen atoms in total. The summed E-state index contributed by atoms with van der Waals surface area (Å²) in [6, 6.07) is 21.4. The highest BCUT2D eigenvalue weighted by Gasteiger charge is 2.43. The fraction of sp³-hybridized carbons (Fsp3) is 0.300. The predicted octanol–water partition coefficient (Wildman–Crippen LogP) is 6.04. The van der Waals surface area contributed by atoms with Crippen LogP contribution < -0.4 is 10.9 Å². The first-order valence-electron chi connectivity index (χ1n) is 12.9. The number of hydrogen-bond donors (Lipinski definition) is 1. The van der Waals surface area contributed by atoms with Crippen molar-refractivity contribution in [1.29, 1.82) is 0 Å². The molecule has 0 aliphatic heterocycles. The molecule has 188 valence electrons. The highest BCUT2D eigenvalue weighted by Crippen LogP contribution is 2.48. The molecule has 0 saturated heterocycles. The second-order valence-electron chi connectivity index (χ2n) is 9.97. The molecule has 1 amide bonds. The Kier molecular flexibility index (Phi) is 6.47. The molecule has 2 aromatic carbocycles. The number of aromatic nitrogens is 2. The SMILES string of the molecule is O=C(CSc1nc2c(c(=O)n1Cc1ccco1)C1(CCCCC1)Cc1ccccc1-2)Nc1ccccc1. The number of anilines is 1. The summed E-state index contributed by atoms with van der Waals surface area (Å²) in [4.78, 5) is 32.2. The minimum absolute atomic E-state index is 0.0104. The van der Waals surface area contributed by atoms with Gasteiger partial charge in [0.05, 0.1) is 29.8 Å². The summed E-state index contributed by atoms with van der Waals surface area (Å²) in [6.45, 7) is 0.284. The molecule has 1 spiro atoms. The number of rotatable bonds is 6. The third-order valence-corrected chi connectivity index (χ3v) is 8.54. The molecule has 6 rings (SSSR count). The third kappa shape index (κ3) is 4.64. The van der Waals surface area contributed by atoms with E-state index in [4.69, 9.17) is 9.40 Å². The molecule has 0 unspecified atom stereocenters. The van der Waals surface area contributed by atoms with Crippen molar-refractivity contribution in [1.82, 2.24) is 9.55 Å². The number of nitrogens with zero attached hydrogens (tertiary/aromatic N) is 2. The molecule has 1 saturated carbocycles. The predicted molar refractivity (Wildman–Crippen MR) is 146 cm³/mol. The van der Waals surface area contributed by atoms with Gasteiger partial charge in [-0.2, -0.15) is 0 Å². The van der Waals surface area contributed by atoms with Crippen molar-refractivity contribution in [3.8, 4) is 11.3 Å². The Bertz CT molecular complexity index is 1470. The zero-order valence-corrected chi connectivity index (χ0v) is 21.4. The number of carbonyl (C=O) groups excluding carboxylic acids is 1. The number of thioether (sulfide) groups is 1. The molecule has 4 aromatic rings. The van der Waals surface area contributed by atoms with Crippen LogP contribution >= 0.6 is 11.8 Å². The molecule has 2 heterocycles. The summed E-state index contributed by atoms with van der Waals surface area (Å²) in [6.07, 6.45) is 7.93. The van der Waals surface area contributed by atoms with Crippen molar-refractivity contribution < 1.29 is 9.21 Å². The van der Waals surface area contributed by atoms with E-state index in [2.05, 4.69) is 23.5 Å². The van der Waals surface area contributed by atoms with Crippen molar-refractivity contribution >= 4 is 23.4 Å². The Labute approximate surface area is 220 Å². The van der Waals surface area contributed by atoms with E-state index in [1.165, 1.54) is 23.7 Å². The van der Waals surface area contributed by atoms with Crippen molar-refractivity contribution in [2.24, 2.45) is 0 Å². The Hall–Kier alpha value is -3.58. The number of nitrogens with one attached hydrogen (secondary N) is 1. The smallest absolute Gasteiger partial charge is 0.258 e. The highest BCUT2D eigenvalue weighted by molar-refractivity contribution is 7.99. The van der Waals surface area contributed by atoms with Crippen LogP contribution in [0.1, 0.15) is 49.0 Å². The monoisotopic (exact) mass is 511 g/mol. The normalized spacial score (nSPS) is 15.7. The van der Waals surface area contributed by atoms with E-state index < -0.39 is 0 Å². The zero-order valence-electron chi connectivity index (χ0n) is 20.6. The Morgan fingerprint density at radius 1 is 1.00 bits per heavy atom. The largest absolute Gasteiger partial charge is 0.467 e. The van der Waals surface area contributed by atoms with Gasteiger partial charge in [0, 0.05) is 16.7 Å². The second-order valence-corrected chi connectivity index (χ2v) is 10.9. The molecular formula is C30H29N3O3S. The van der Waals surface area contributed by atoms with Gasteiger partial charge in [0.25, 0.3) is 5.56 Å². The lowest BCUT2D eigenvalue weighted by Crippen LogP contribution is -2.43. The first-order valence-corrected chi connectivity index (χ1v) is 13.9. The van der Waals surface area contributed by atoms with E-state index in [9.17, 15) is 9.59 Å². The first kappa shape index (κ1) is 23.8. The third-order valence-electron chi connectivity index (χ3n) is 7.56. The summed E-state index contributed by atoms with van der Waals surface area (Å²) in [5, 5.41) is 3.46. The van der Waals surface area contributed by atoms with Crippen molar-refractivity contribution in [2.45, 2.75) is 55.6 Å². The molecule has 1 fully saturated rings. The summed E-state index contributed by atoms with van der Waals surface area (Å²) in [5.41, 5.74) is 4.46.